The van der Waals surface area contributed by atoms with Gasteiger partial charge in [-0.15, -0.1) is 0 Å². The number of carbonyl (C=O) groups excluding carboxylic acids is 2. The van der Waals surface area contributed by atoms with Crippen molar-refractivity contribution in [3.63, 3.8) is 0 Å². The van der Waals surface area contributed by atoms with Crippen LogP contribution in [0, 0.1) is 0 Å². The molecule has 0 amide bonds. The van der Waals surface area contributed by atoms with Gasteiger partial charge in [0.25, 0.3) is 7.82 Å². The van der Waals surface area contributed by atoms with Crippen molar-refractivity contribution in [1.29, 1.82) is 0 Å². The van der Waals surface area contributed by atoms with Gasteiger partial charge in [-0.2, -0.15) is 0 Å². The van der Waals surface area contributed by atoms with Gasteiger partial charge in [-0.05, 0) is 51.4 Å². The predicted molar refractivity (Wildman–Crippen MR) is 430 cm³/mol. The van der Waals surface area contributed by atoms with E-state index in [1.807, 2.05) is 21.1 Å². The van der Waals surface area contributed by atoms with Gasteiger partial charge in [-0.25, -0.2) is 0 Å². The summed E-state index contributed by atoms with van der Waals surface area (Å²) in [6.45, 7) is 4.22. The normalized spacial score (nSPS) is 13.2. The lowest BCUT2D eigenvalue weighted by Gasteiger charge is -2.28. The Bertz CT molecular complexity index is 1810. The average molecular weight is 1410 g/mol. The number of phosphoric ester groups is 1. The number of rotatable bonds is 83. The molecular formula is C89H170NO8P. The van der Waals surface area contributed by atoms with E-state index in [9.17, 15) is 19.0 Å². The van der Waals surface area contributed by atoms with Crippen LogP contribution in [0.4, 0.5) is 0 Å². The minimum Gasteiger partial charge on any atom is -0.756 e. The van der Waals surface area contributed by atoms with Crippen molar-refractivity contribution in [1.82, 2.24) is 0 Å². The quantitative estimate of drug-likeness (QED) is 0.0195. The van der Waals surface area contributed by atoms with Gasteiger partial charge in [-0.3, -0.25) is 14.2 Å². The maximum Gasteiger partial charge on any atom is 0.306 e. The second-order valence-corrected chi connectivity index (χ2v) is 32.7. The highest BCUT2D eigenvalue weighted by molar-refractivity contribution is 7.45. The Balaban J connectivity index is 3.84. The van der Waals surface area contributed by atoms with Crippen LogP contribution >= 0.6 is 7.82 Å². The third-order valence-corrected chi connectivity index (χ3v) is 21.1. The van der Waals surface area contributed by atoms with Crippen molar-refractivity contribution >= 4 is 19.8 Å². The first-order chi connectivity index (χ1) is 48.5. The average Bonchev–Trinajstić information content (AvgIpc) is 0.987. The Morgan fingerprint density at radius 2 is 0.576 bits per heavy atom. The van der Waals surface area contributed by atoms with Gasteiger partial charge in [0.05, 0.1) is 27.7 Å². The summed E-state index contributed by atoms with van der Waals surface area (Å²) in [6.07, 6.45) is 107. The van der Waals surface area contributed by atoms with Crippen molar-refractivity contribution in [3.05, 3.63) is 48.6 Å². The number of carbonyl (C=O) groups is 2. The number of phosphoric acid groups is 1. The smallest absolute Gasteiger partial charge is 0.306 e. The maximum absolute atomic E-state index is 12.9. The van der Waals surface area contributed by atoms with E-state index in [0.29, 0.717) is 17.4 Å². The summed E-state index contributed by atoms with van der Waals surface area (Å²) >= 11 is 0. The number of hydrogen-bond donors (Lipinski definition) is 0. The zero-order valence-electron chi connectivity index (χ0n) is 67.0. The predicted octanol–water partition coefficient (Wildman–Crippen LogP) is 28.8. The zero-order chi connectivity index (χ0) is 71.8. The van der Waals surface area contributed by atoms with Crippen LogP contribution in [0.3, 0.4) is 0 Å². The van der Waals surface area contributed by atoms with E-state index in [2.05, 4.69) is 62.5 Å². The van der Waals surface area contributed by atoms with E-state index >= 15 is 0 Å². The molecule has 0 aromatic carbocycles. The number of quaternary nitrogens is 1. The fourth-order valence-electron chi connectivity index (χ4n) is 13.5. The summed E-state index contributed by atoms with van der Waals surface area (Å²) in [5.41, 5.74) is 0. The summed E-state index contributed by atoms with van der Waals surface area (Å²) in [5, 5.41) is 0. The fraction of sp³-hybridized carbons (Fsp3) is 0.888. The van der Waals surface area contributed by atoms with Gasteiger partial charge < -0.3 is 27.9 Å². The molecule has 0 saturated heterocycles. The molecule has 0 aliphatic carbocycles. The van der Waals surface area contributed by atoms with E-state index in [1.165, 1.54) is 366 Å². The molecule has 9 nitrogen and oxygen atoms in total. The molecule has 0 N–H and O–H groups in total. The number of likely N-dealkylation sites (N-methyl/N-ethyl adjacent to an activating group) is 1. The van der Waals surface area contributed by atoms with E-state index in [-0.39, 0.29) is 32.0 Å². The molecule has 0 radical (unpaired) electrons. The Morgan fingerprint density at radius 1 is 0.323 bits per heavy atom. The van der Waals surface area contributed by atoms with E-state index in [4.69, 9.17) is 18.5 Å². The summed E-state index contributed by atoms with van der Waals surface area (Å²) in [6, 6.07) is 0. The van der Waals surface area contributed by atoms with Crippen molar-refractivity contribution in [2.24, 2.45) is 0 Å². The van der Waals surface area contributed by atoms with E-state index in [1.54, 1.807) is 0 Å². The van der Waals surface area contributed by atoms with Crippen molar-refractivity contribution in [2.45, 2.75) is 463 Å². The number of unbranched alkanes of at least 4 members (excludes halogenated alkanes) is 61. The maximum atomic E-state index is 12.9. The van der Waals surface area contributed by atoms with Gasteiger partial charge in [0.2, 0.25) is 0 Å². The lowest BCUT2D eigenvalue weighted by molar-refractivity contribution is -0.870. The van der Waals surface area contributed by atoms with Crippen LogP contribution in [0.2, 0.25) is 0 Å². The van der Waals surface area contributed by atoms with Gasteiger partial charge in [-0.1, -0.05) is 441 Å². The van der Waals surface area contributed by atoms with Gasteiger partial charge in [0, 0.05) is 12.8 Å². The topological polar surface area (TPSA) is 111 Å². The summed E-state index contributed by atoms with van der Waals surface area (Å²) in [4.78, 5) is 38.2. The van der Waals surface area contributed by atoms with Crippen LogP contribution in [-0.4, -0.2) is 70.0 Å². The monoisotopic (exact) mass is 1410 g/mol. The number of hydrogen-bond acceptors (Lipinski definition) is 8. The van der Waals surface area contributed by atoms with Crippen LogP contribution in [0.1, 0.15) is 457 Å². The molecular weight excluding hydrogens is 1240 g/mol. The standard InChI is InChI=1S/C89H170NO8P/c1-6-8-10-12-14-16-18-20-22-24-26-28-30-32-34-36-38-40-42-43-44-45-46-47-48-50-52-54-56-58-60-62-64-66-68-70-72-74-76-78-80-82-89(92)98-87(86-97-99(93,94)96-84-83-90(3,4)5)85-95-88(91)81-79-77-75-73-71-69-67-65-63-61-59-57-55-53-51-49-41-39-37-35-33-31-29-27-25-23-21-19-17-15-13-11-9-7-2/h8,10,14,16,20,22,26,28,87H,6-7,9,11-13,15,17-19,21,23-25,27,29-86H2,1-5H3/b10-8-,16-14-,22-20-,28-26-. The Morgan fingerprint density at radius 3 is 0.859 bits per heavy atom. The SMILES string of the molecule is CC/C=C\C/C=C\C/C=C\C/C=C\CCCCCCCCCCCCCCCCCCCCCCCCCCCCCCC(=O)OC(COC(=O)CCCCCCCCCCCCCCCCCCCCCCCCCCCCCCCCCCCC)COP(=O)([O-])OCC[N+](C)(C)C. The molecule has 0 spiro atoms. The molecule has 0 aromatic heterocycles. The molecule has 99 heavy (non-hydrogen) atoms. The molecule has 0 aromatic rings. The molecule has 10 heteroatoms. The lowest BCUT2D eigenvalue weighted by atomic mass is 10.0. The minimum absolute atomic E-state index is 0.0266. The third kappa shape index (κ3) is 84.8. The van der Waals surface area contributed by atoms with Gasteiger partial charge >= 0.3 is 11.9 Å². The first-order valence-electron chi connectivity index (χ1n) is 43.8. The molecule has 0 heterocycles. The summed E-state index contributed by atoms with van der Waals surface area (Å²) in [7, 11) is 1.20. The molecule has 0 saturated carbocycles. The van der Waals surface area contributed by atoms with Crippen LogP contribution < -0.4 is 4.89 Å². The van der Waals surface area contributed by atoms with Crippen LogP contribution in [-0.2, 0) is 32.7 Å². The van der Waals surface area contributed by atoms with Gasteiger partial charge in [0.1, 0.15) is 19.8 Å². The Labute approximate surface area is 617 Å². The Hall–Kier alpha value is -2.03. The molecule has 2 unspecified atom stereocenters. The second kappa shape index (κ2) is 80.1. The molecule has 0 aliphatic rings. The largest absolute Gasteiger partial charge is 0.756 e. The minimum atomic E-state index is -4.64. The zero-order valence-corrected chi connectivity index (χ0v) is 67.9. The van der Waals surface area contributed by atoms with E-state index in [0.717, 1.165) is 57.8 Å². The number of nitrogens with zero attached hydrogens (tertiary/aromatic N) is 1. The Kier molecular flexibility index (Phi) is 78.4. The highest BCUT2D eigenvalue weighted by Crippen LogP contribution is 2.38. The summed E-state index contributed by atoms with van der Waals surface area (Å²) in [5.74, 6) is -0.803. The first kappa shape index (κ1) is 97.0. The van der Waals surface area contributed by atoms with Crippen LogP contribution in [0.15, 0.2) is 48.6 Å². The first-order valence-corrected chi connectivity index (χ1v) is 45.3. The highest BCUT2D eigenvalue weighted by Gasteiger charge is 2.22. The second-order valence-electron chi connectivity index (χ2n) is 31.2. The number of allylic oxidation sites excluding steroid dienone is 8. The van der Waals surface area contributed by atoms with Crippen LogP contribution in [0.5, 0.6) is 0 Å². The summed E-state index contributed by atoms with van der Waals surface area (Å²) < 4.78 is 34.5. The molecule has 0 aliphatic heterocycles. The molecule has 2 atom stereocenters. The molecule has 0 bridgehead atoms. The van der Waals surface area contributed by atoms with Crippen LogP contribution in [0.25, 0.3) is 0 Å². The highest BCUT2D eigenvalue weighted by atomic mass is 31.2. The lowest BCUT2D eigenvalue weighted by Crippen LogP contribution is -2.37. The molecule has 0 fully saturated rings. The van der Waals surface area contributed by atoms with Crippen molar-refractivity contribution in [3.8, 4) is 0 Å². The third-order valence-electron chi connectivity index (χ3n) is 20.1. The fourth-order valence-corrected chi connectivity index (χ4v) is 14.2. The molecule has 584 valence electrons. The van der Waals surface area contributed by atoms with Crippen molar-refractivity contribution in [2.75, 3.05) is 47.5 Å². The van der Waals surface area contributed by atoms with Crippen molar-refractivity contribution < 1.29 is 42.1 Å². The molecule has 0 rings (SSSR count). The number of esters is 2. The van der Waals surface area contributed by atoms with Gasteiger partial charge in [0.15, 0.2) is 6.10 Å². The number of ether oxygens (including phenoxy) is 2. The van der Waals surface area contributed by atoms with E-state index < -0.39 is 26.5 Å².